The topological polar surface area (TPSA) is 67.9 Å². The van der Waals surface area contributed by atoms with Gasteiger partial charge in [0.25, 0.3) is 0 Å². The van der Waals surface area contributed by atoms with Crippen molar-refractivity contribution in [3.8, 4) is 11.5 Å². The molecule has 144 valence electrons. The minimum absolute atomic E-state index is 0.0690. The van der Waals surface area contributed by atoms with E-state index in [0.29, 0.717) is 11.3 Å². The van der Waals surface area contributed by atoms with Gasteiger partial charge >= 0.3 is 0 Å². The molecule has 0 radical (unpaired) electrons. The van der Waals surface area contributed by atoms with E-state index in [9.17, 15) is 14.0 Å². The van der Waals surface area contributed by atoms with Crippen molar-refractivity contribution in [2.75, 3.05) is 26.8 Å². The van der Waals surface area contributed by atoms with Gasteiger partial charge in [0.1, 0.15) is 23.9 Å². The predicted octanol–water partition coefficient (Wildman–Crippen LogP) is 2.38. The molecule has 0 saturated heterocycles. The summed E-state index contributed by atoms with van der Waals surface area (Å²) in [5.41, 5.74) is 0.392. The fourth-order valence-electron chi connectivity index (χ4n) is 2.36. The average Bonchev–Trinajstić information content (AvgIpc) is 2.67. The number of rotatable bonds is 9. The molecule has 2 aromatic rings. The van der Waals surface area contributed by atoms with Crippen LogP contribution in [0.4, 0.5) is 4.39 Å². The second-order valence-electron chi connectivity index (χ2n) is 5.83. The summed E-state index contributed by atoms with van der Waals surface area (Å²) in [4.78, 5) is 25.2. The van der Waals surface area contributed by atoms with Crippen LogP contribution in [0.1, 0.15) is 12.5 Å². The van der Waals surface area contributed by atoms with Crippen LogP contribution >= 0.6 is 0 Å². The molecule has 0 bridgehead atoms. The summed E-state index contributed by atoms with van der Waals surface area (Å²) >= 11 is 0. The zero-order chi connectivity index (χ0) is 19.6. The van der Waals surface area contributed by atoms with Gasteiger partial charge in [-0.3, -0.25) is 9.59 Å². The minimum atomic E-state index is -0.380. The number of hydrogen-bond acceptors (Lipinski definition) is 4. The Kier molecular flexibility index (Phi) is 7.61. The van der Waals surface area contributed by atoms with Gasteiger partial charge < -0.3 is 19.7 Å². The molecule has 1 N–H and O–H groups in total. The summed E-state index contributed by atoms with van der Waals surface area (Å²) in [6.45, 7) is 1.84. The number of benzene rings is 2. The van der Waals surface area contributed by atoms with E-state index in [4.69, 9.17) is 9.47 Å². The standard InChI is InChI=1S/C20H23FN2O4/c1-15(24)23(11-12-27-18-9-7-17(26-2)8-10-18)14-20(25)22-13-16-5-3-4-6-19(16)21/h3-10H,11-14H2,1-2H3,(H,22,25). The first-order valence-electron chi connectivity index (χ1n) is 8.52. The first-order chi connectivity index (χ1) is 13.0. The Labute approximate surface area is 157 Å². The van der Waals surface area contributed by atoms with E-state index in [1.807, 2.05) is 0 Å². The molecular formula is C20H23FN2O4. The zero-order valence-corrected chi connectivity index (χ0v) is 15.4. The van der Waals surface area contributed by atoms with E-state index in [1.54, 1.807) is 49.6 Å². The molecule has 2 aromatic carbocycles. The van der Waals surface area contributed by atoms with Gasteiger partial charge in [-0.25, -0.2) is 4.39 Å². The Bertz CT molecular complexity index is 765. The Balaban J connectivity index is 1.79. The molecule has 0 aliphatic rings. The lowest BCUT2D eigenvalue weighted by molar-refractivity contribution is -0.134. The minimum Gasteiger partial charge on any atom is -0.497 e. The quantitative estimate of drug-likeness (QED) is 0.732. The van der Waals surface area contributed by atoms with E-state index >= 15 is 0 Å². The molecule has 2 rings (SSSR count). The van der Waals surface area contributed by atoms with Crippen LogP contribution < -0.4 is 14.8 Å². The largest absolute Gasteiger partial charge is 0.497 e. The number of carbonyl (C=O) groups is 2. The molecule has 7 heteroatoms. The maximum atomic E-state index is 13.6. The van der Waals surface area contributed by atoms with E-state index in [2.05, 4.69) is 5.32 Å². The molecule has 0 spiro atoms. The molecular weight excluding hydrogens is 351 g/mol. The summed E-state index contributed by atoms with van der Waals surface area (Å²) in [6, 6.07) is 13.3. The van der Waals surface area contributed by atoms with Crippen LogP contribution in [0.3, 0.4) is 0 Å². The van der Waals surface area contributed by atoms with E-state index in [-0.39, 0.29) is 43.9 Å². The Morgan fingerprint density at radius 3 is 2.37 bits per heavy atom. The lowest BCUT2D eigenvalue weighted by Crippen LogP contribution is -2.41. The van der Waals surface area contributed by atoms with Crippen molar-refractivity contribution in [3.05, 3.63) is 59.9 Å². The fraction of sp³-hybridized carbons (Fsp3) is 0.300. The lowest BCUT2D eigenvalue weighted by Gasteiger charge is -2.20. The van der Waals surface area contributed by atoms with Gasteiger partial charge in [0.2, 0.25) is 11.8 Å². The number of methoxy groups -OCH3 is 1. The maximum absolute atomic E-state index is 13.6. The summed E-state index contributed by atoms with van der Waals surface area (Å²) < 4.78 is 24.2. The van der Waals surface area contributed by atoms with Crippen molar-refractivity contribution < 1.29 is 23.5 Å². The third-order valence-electron chi connectivity index (χ3n) is 3.90. The van der Waals surface area contributed by atoms with Crippen molar-refractivity contribution in [3.63, 3.8) is 0 Å². The molecule has 0 aromatic heterocycles. The van der Waals surface area contributed by atoms with Gasteiger partial charge in [0.15, 0.2) is 0 Å². The van der Waals surface area contributed by atoms with Crippen LogP contribution in [-0.4, -0.2) is 43.5 Å². The van der Waals surface area contributed by atoms with Gasteiger partial charge in [-0.15, -0.1) is 0 Å². The number of amides is 2. The number of nitrogens with zero attached hydrogens (tertiary/aromatic N) is 1. The number of hydrogen-bond donors (Lipinski definition) is 1. The zero-order valence-electron chi connectivity index (χ0n) is 15.4. The highest BCUT2D eigenvalue weighted by atomic mass is 19.1. The van der Waals surface area contributed by atoms with Crippen LogP contribution in [0, 0.1) is 5.82 Å². The van der Waals surface area contributed by atoms with Gasteiger partial charge in [0, 0.05) is 19.0 Å². The SMILES string of the molecule is COc1ccc(OCCN(CC(=O)NCc2ccccc2F)C(C)=O)cc1. The van der Waals surface area contributed by atoms with Gasteiger partial charge in [-0.2, -0.15) is 0 Å². The summed E-state index contributed by atoms with van der Waals surface area (Å²) in [5, 5.41) is 2.62. The average molecular weight is 374 g/mol. The number of halogens is 1. The van der Waals surface area contributed by atoms with Crippen LogP contribution in [0.5, 0.6) is 11.5 Å². The van der Waals surface area contributed by atoms with Crippen molar-refractivity contribution in [2.45, 2.75) is 13.5 Å². The van der Waals surface area contributed by atoms with E-state index in [0.717, 1.165) is 5.75 Å². The van der Waals surface area contributed by atoms with E-state index < -0.39 is 0 Å². The van der Waals surface area contributed by atoms with Gasteiger partial charge in [-0.05, 0) is 30.3 Å². The molecule has 6 nitrogen and oxygen atoms in total. The lowest BCUT2D eigenvalue weighted by atomic mass is 10.2. The third-order valence-corrected chi connectivity index (χ3v) is 3.90. The highest BCUT2D eigenvalue weighted by Gasteiger charge is 2.14. The van der Waals surface area contributed by atoms with Gasteiger partial charge in [0.05, 0.1) is 20.2 Å². The maximum Gasteiger partial charge on any atom is 0.239 e. The van der Waals surface area contributed by atoms with Crippen LogP contribution in [0.15, 0.2) is 48.5 Å². The third kappa shape index (κ3) is 6.62. The first-order valence-corrected chi connectivity index (χ1v) is 8.52. The molecule has 2 amide bonds. The van der Waals surface area contributed by atoms with Crippen LogP contribution in [-0.2, 0) is 16.1 Å². The normalized spacial score (nSPS) is 10.2. The molecule has 0 unspecified atom stereocenters. The monoisotopic (exact) mass is 374 g/mol. The van der Waals surface area contributed by atoms with Gasteiger partial charge in [-0.1, -0.05) is 18.2 Å². The molecule has 0 atom stereocenters. The van der Waals surface area contributed by atoms with E-state index in [1.165, 1.54) is 17.9 Å². The highest BCUT2D eigenvalue weighted by Crippen LogP contribution is 2.16. The number of carbonyl (C=O) groups excluding carboxylic acids is 2. The molecule has 0 fully saturated rings. The van der Waals surface area contributed by atoms with Crippen molar-refractivity contribution in [2.24, 2.45) is 0 Å². The molecule has 0 aliphatic carbocycles. The summed E-state index contributed by atoms with van der Waals surface area (Å²) in [5.74, 6) is 0.379. The molecule has 0 heterocycles. The summed E-state index contributed by atoms with van der Waals surface area (Å²) in [7, 11) is 1.58. The Hall–Kier alpha value is -3.09. The number of ether oxygens (including phenoxy) is 2. The Morgan fingerprint density at radius 1 is 1.07 bits per heavy atom. The first kappa shape index (κ1) is 20.2. The highest BCUT2D eigenvalue weighted by molar-refractivity contribution is 5.83. The predicted molar refractivity (Wildman–Crippen MR) is 99.0 cm³/mol. The Morgan fingerprint density at radius 2 is 1.74 bits per heavy atom. The molecule has 0 aliphatic heterocycles. The fourth-order valence-corrected chi connectivity index (χ4v) is 2.36. The second-order valence-corrected chi connectivity index (χ2v) is 5.83. The van der Waals surface area contributed by atoms with Crippen LogP contribution in [0.25, 0.3) is 0 Å². The molecule has 0 saturated carbocycles. The van der Waals surface area contributed by atoms with Crippen LogP contribution in [0.2, 0.25) is 0 Å². The van der Waals surface area contributed by atoms with Crippen molar-refractivity contribution >= 4 is 11.8 Å². The smallest absolute Gasteiger partial charge is 0.239 e. The van der Waals surface area contributed by atoms with Crippen molar-refractivity contribution in [1.82, 2.24) is 10.2 Å². The summed E-state index contributed by atoms with van der Waals surface area (Å²) in [6.07, 6.45) is 0. The second kappa shape index (κ2) is 10.2. The van der Waals surface area contributed by atoms with Crippen molar-refractivity contribution in [1.29, 1.82) is 0 Å². The number of nitrogens with one attached hydrogen (secondary N) is 1. The molecule has 27 heavy (non-hydrogen) atoms.